The van der Waals surface area contributed by atoms with Gasteiger partial charge in [0.05, 0.1) is 11.1 Å². The molecule has 2 N–H and O–H groups in total. The summed E-state index contributed by atoms with van der Waals surface area (Å²) >= 11 is 0. The van der Waals surface area contributed by atoms with Gasteiger partial charge >= 0.3 is 0 Å². The van der Waals surface area contributed by atoms with Crippen molar-refractivity contribution in [2.75, 3.05) is 0 Å². The van der Waals surface area contributed by atoms with Crippen molar-refractivity contribution in [2.45, 2.75) is 6.42 Å². The van der Waals surface area contributed by atoms with E-state index < -0.39 is 10.8 Å². The molecule has 2 aromatic carbocycles. The Morgan fingerprint density at radius 1 is 1.29 bits per heavy atom. The molecule has 2 rings (SSSR count). The molecule has 0 unspecified atom stereocenters. The minimum absolute atomic E-state index is 0.0427. The Morgan fingerprint density at radius 3 is 2.75 bits per heavy atom. The molecule has 0 heterocycles. The van der Waals surface area contributed by atoms with Crippen LogP contribution in [0.1, 0.15) is 21.5 Å². The van der Waals surface area contributed by atoms with Crippen LogP contribution in [0.4, 0.5) is 5.69 Å². The van der Waals surface area contributed by atoms with Crippen molar-refractivity contribution in [1.82, 2.24) is 5.43 Å². The lowest BCUT2D eigenvalue weighted by molar-refractivity contribution is -0.385. The summed E-state index contributed by atoms with van der Waals surface area (Å²) in [7, 11) is 0. The number of phenols is 1. The quantitative estimate of drug-likeness (QED) is 0.369. The zero-order chi connectivity index (χ0) is 17.5. The lowest BCUT2D eigenvalue weighted by atomic mass is 10.1. The highest BCUT2D eigenvalue weighted by atomic mass is 16.6. The van der Waals surface area contributed by atoms with Crippen LogP contribution in [0.2, 0.25) is 0 Å². The maximum absolute atomic E-state index is 12.0. The van der Waals surface area contributed by atoms with Crippen LogP contribution in [-0.4, -0.2) is 22.2 Å². The first kappa shape index (κ1) is 16.9. The lowest BCUT2D eigenvalue weighted by Gasteiger charge is -2.05. The number of phenolic OH excluding ortho intramolecular Hbond substituents is 1. The van der Waals surface area contributed by atoms with Gasteiger partial charge in [-0.1, -0.05) is 30.3 Å². The Labute approximate surface area is 138 Å². The third-order valence-corrected chi connectivity index (χ3v) is 3.23. The number of carbonyl (C=O) groups is 1. The molecule has 7 heteroatoms. The maximum Gasteiger partial charge on any atom is 0.282 e. The molecule has 1 amide bonds. The second-order valence-electron chi connectivity index (χ2n) is 4.82. The number of hydrogen-bond donors (Lipinski definition) is 2. The highest BCUT2D eigenvalue weighted by Gasteiger charge is 2.18. The number of para-hydroxylation sites is 2. The summed E-state index contributed by atoms with van der Waals surface area (Å²) in [6.07, 6.45) is 3.43. The van der Waals surface area contributed by atoms with Crippen LogP contribution in [-0.2, 0) is 6.42 Å². The van der Waals surface area contributed by atoms with E-state index in [0.717, 1.165) is 0 Å². The number of nitrogens with one attached hydrogen (secondary N) is 1. The van der Waals surface area contributed by atoms with Crippen molar-refractivity contribution < 1.29 is 14.8 Å². The second kappa shape index (κ2) is 7.68. The van der Waals surface area contributed by atoms with Crippen LogP contribution in [0, 0.1) is 10.1 Å². The number of benzene rings is 2. The van der Waals surface area contributed by atoms with E-state index in [9.17, 15) is 20.0 Å². The molecule has 0 spiro atoms. The molecule has 0 fully saturated rings. The summed E-state index contributed by atoms with van der Waals surface area (Å²) in [6, 6.07) is 10.7. The number of hydrogen-bond acceptors (Lipinski definition) is 5. The van der Waals surface area contributed by atoms with E-state index >= 15 is 0 Å². The second-order valence-corrected chi connectivity index (χ2v) is 4.82. The Kier molecular flexibility index (Phi) is 5.40. The molecule has 122 valence electrons. The maximum atomic E-state index is 12.0. The van der Waals surface area contributed by atoms with E-state index in [2.05, 4.69) is 17.1 Å². The van der Waals surface area contributed by atoms with Gasteiger partial charge in [0.1, 0.15) is 11.3 Å². The number of nitrogens with zero attached hydrogens (tertiary/aromatic N) is 2. The number of aromatic hydroxyl groups is 1. The summed E-state index contributed by atoms with van der Waals surface area (Å²) in [5, 5.41) is 24.7. The number of allylic oxidation sites excluding steroid dienone is 1. The Bertz CT molecular complexity index is 815. The van der Waals surface area contributed by atoms with Gasteiger partial charge in [-0.05, 0) is 24.1 Å². The number of nitro benzene ring substituents is 1. The van der Waals surface area contributed by atoms with E-state index in [4.69, 9.17) is 0 Å². The summed E-state index contributed by atoms with van der Waals surface area (Å²) in [5.74, 6) is -0.665. The van der Waals surface area contributed by atoms with Gasteiger partial charge in [-0.3, -0.25) is 14.9 Å². The molecule has 2 aromatic rings. The minimum Gasteiger partial charge on any atom is -0.507 e. The number of amides is 1. The van der Waals surface area contributed by atoms with Gasteiger partial charge in [-0.2, -0.15) is 5.10 Å². The molecule has 0 aliphatic carbocycles. The first-order valence-corrected chi connectivity index (χ1v) is 7.03. The largest absolute Gasteiger partial charge is 0.507 e. The SMILES string of the molecule is C=CCc1cccc(C=NNC(=O)c2ccccc2[N+](=O)[O-])c1O. The molecular weight excluding hydrogens is 310 g/mol. The zero-order valence-electron chi connectivity index (χ0n) is 12.7. The van der Waals surface area contributed by atoms with Crippen molar-refractivity contribution in [1.29, 1.82) is 0 Å². The number of rotatable bonds is 6. The van der Waals surface area contributed by atoms with E-state index in [1.165, 1.54) is 30.5 Å². The highest BCUT2D eigenvalue weighted by Crippen LogP contribution is 2.21. The molecule has 0 aliphatic heterocycles. The first-order chi connectivity index (χ1) is 11.5. The number of carbonyl (C=O) groups excluding carboxylic acids is 1. The number of hydrazone groups is 1. The van der Waals surface area contributed by atoms with Crippen LogP contribution in [0.3, 0.4) is 0 Å². The van der Waals surface area contributed by atoms with Gasteiger partial charge in [0.25, 0.3) is 11.6 Å². The molecule has 0 radical (unpaired) electrons. The standard InChI is InChI=1S/C17H15N3O4/c1-2-6-12-7-5-8-13(16(12)21)11-18-19-17(22)14-9-3-4-10-15(14)20(23)24/h2-5,7-11,21H,1,6H2,(H,19,22). The van der Waals surface area contributed by atoms with Gasteiger partial charge in [0.2, 0.25) is 0 Å². The van der Waals surface area contributed by atoms with E-state index in [-0.39, 0.29) is 17.0 Å². The van der Waals surface area contributed by atoms with Gasteiger partial charge < -0.3 is 5.11 Å². The Morgan fingerprint density at radius 2 is 2.04 bits per heavy atom. The fourth-order valence-electron chi connectivity index (χ4n) is 2.08. The lowest BCUT2D eigenvalue weighted by Crippen LogP contribution is -2.19. The molecule has 24 heavy (non-hydrogen) atoms. The average molecular weight is 325 g/mol. The molecular formula is C17H15N3O4. The van der Waals surface area contributed by atoms with Crippen molar-refractivity contribution in [3.8, 4) is 5.75 Å². The molecule has 0 saturated heterocycles. The number of nitro groups is 1. The molecule has 0 saturated carbocycles. The van der Waals surface area contributed by atoms with Gasteiger partial charge in [0.15, 0.2) is 0 Å². The summed E-state index contributed by atoms with van der Waals surface area (Å²) in [4.78, 5) is 22.3. The molecule has 0 aromatic heterocycles. The summed E-state index contributed by atoms with van der Waals surface area (Å²) in [5.41, 5.74) is 2.91. The van der Waals surface area contributed by atoms with Crippen LogP contribution < -0.4 is 5.43 Å². The normalized spacial score (nSPS) is 10.5. The third kappa shape index (κ3) is 3.83. The smallest absolute Gasteiger partial charge is 0.282 e. The van der Waals surface area contributed by atoms with Gasteiger partial charge in [-0.25, -0.2) is 5.43 Å². The van der Waals surface area contributed by atoms with E-state index in [1.807, 2.05) is 0 Å². The average Bonchev–Trinajstić information content (AvgIpc) is 2.58. The van der Waals surface area contributed by atoms with Crippen LogP contribution in [0.15, 0.2) is 60.2 Å². The Hall–Kier alpha value is -3.48. The third-order valence-electron chi connectivity index (χ3n) is 3.23. The van der Waals surface area contributed by atoms with Gasteiger partial charge in [0, 0.05) is 11.6 Å². The predicted molar refractivity (Wildman–Crippen MR) is 90.2 cm³/mol. The topological polar surface area (TPSA) is 105 Å². The van der Waals surface area contributed by atoms with Crippen molar-refractivity contribution in [2.24, 2.45) is 5.10 Å². The minimum atomic E-state index is -0.708. The fraction of sp³-hybridized carbons (Fsp3) is 0.0588. The predicted octanol–water partition coefficient (Wildman–Crippen LogP) is 2.79. The molecule has 0 aliphatic rings. The van der Waals surface area contributed by atoms with Crippen LogP contribution >= 0.6 is 0 Å². The van der Waals surface area contributed by atoms with Crippen molar-refractivity contribution in [3.05, 3.63) is 81.9 Å². The van der Waals surface area contributed by atoms with Crippen LogP contribution in [0.25, 0.3) is 0 Å². The fourth-order valence-corrected chi connectivity index (χ4v) is 2.08. The summed E-state index contributed by atoms with van der Waals surface area (Å²) in [6.45, 7) is 3.61. The monoisotopic (exact) mass is 325 g/mol. The van der Waals surface area contributed by atoms with Crippen LogP contribution in [0.5, 0.6) is 5.75 Å². The molecule has 0 bridgehead atoms. The Balaban J connectivity index is 2.15. The highest BCUT2D eigenvalue weighted by molar-refractivity contribution is 5.98. The van der Waals surface area contributed by atoms with Gasteiger partial charge in [-0.15, -0.1) is 6.58 Å². The zero-order valence-corrected chi connectivity index (χ0v) is 12.7. The van der Waals surface area contributed by atoms with E-state index in [1.54, 1.807) is 24.3 Å². The molecule has 0 atom stereocenters. The molecule has 7 nitrogen and oxygen atoms in total. The van der Waals surface area contributed by atoms with Crippen molar-refractivity contribution >= 4 is 17.8 Å². The van der Waals surface area contributed by atoms with Crippen molar-refractivity contribution in [3.63, 3.8) is 0 Å². The first-order valence-electron chi connectivity index (χ1n) is 7.03. The van der Waals surface area contributed by atoms with E-state index in [0.29, 0.717) is 17.5 Å². The summed E-state index contributed by atoms with van der Waals surface area (Å²) < 4.78 is 0.